The predicted octanol–water partition coefficient (Wildman–Crippen LogP) is 4.37. The van der Waals surface area contributed by atoms with Gasteiger partial charge in [0.25, 0.3) is 0 Å². The van der Waals surface area contributed by atoms with E-state index in [1.807, 2.05) is 12.1 Å². The quantitative estimate of drug-likeness (QED) is 0.658. The van der Waals surface area contributed by atoms with Crippen molar-refractivity contribution in [1.29, 1.82) is 0 Å². The molecule has 1 amide bonds. The zero-order valence-electron chi connectivity index (χ0n) is 10.7. The van der Waals surface area contributed by atoms with E-state index < -0.39 is 0 Å². The lowest BCUT2D eigenvalue weighted by atomic mass is 10.1. The molecule has 1 aromatic heterocycles. The lowest BCUT2D eigenvalue weighted by molar-refractivity contribution is -0.111. The molecule has 1 aromatic carbocycles. The van der Waals surface area contributed by atoms with Gasteiger partial charge >= 0.3 is 0 Å². The first kappa shape index (κ1) is 14.7. The fourth-order valence-corrected chi connectivity index (χ4v) is 2.98. The number of hydrogen-bond acceptors (Lipinski definition) is 3. The average molecular weight is 350 g/mol. The third-order valence-corrected chi connectivity index (χ3v) is 4.15. The van der Waals surface area contributed by atoms with E-state index in [-0.39, 0.29) is 11.7 Å². The summed E-state index contributed by atoms with van der Waals surface area (Å²) in [5, 5.41) is 2.72. The number of carbonyl (C=O) groups is 2. The summed E-state index contributed by atoms with van der Waals surface area (Å²) in [5.41, 5.74) is 1.04. The van der Waals surface area contributed by atoms with Crippen molar-refractivity contribution in [2.24, 2.45) is 0 Å². The maximum absolute atomic E-state index is 11.9. The van der Waals surface area contributed by atoms with Crippen LogP contribution in [0.15, 0.2) is 46.3 Å². The van der Waals surface area contributed by atoms with Gasteiger partial charge in [-0.3, -0.25) is 9.59 Å². The first-order valence-corrected chi connectivity index (χ1v) is 7.51. The van der Waals surface area contributed by atoms with Crippen LogP contribution in [0.4, 0.5) is 5.69 Å². The minimum absolute atomic E-state index is 0.0768. The number of ketones is 1. The molecule has 0 bridgehead atoms. The van der Waals surface area contributed by atoms with Crippen LogP contribution in [-0.2, 0) is 4.79 Å². The van der Waals surface area contributed by atoms with Gasteiger partial charge in [-0.1, -0.05) is 12.1 Å². The molecular formula is C15H12BrNO2S. The van der Waals surface area contributed by atoms with E-state index in [2.05, 4.69) is 21.2 Å². The molecule has 2 rings (SSSR count). The summed E-state index contributed by atoms with van der Waals surface area (Å²) in [4.78, 5) is 24.3. The van der Waals surface area contributed by atoms with E-state index >= 15 is 0 Å². The van der Waals surface area contributed by atoms with Gasteiger partial charge in [-0.25, -0.2) is 0 Å². The molecule has 1 heterocycles. The first-order chi connectivity index (χ1) is 9.56. The number of amides is 1. The summed E-state index contributed by atoms with van der Waals surface area (Å²) in [7, 11) is 0. The van der Waals surface area contributed by atoms with Crippen molar-refractivity contribution in [3.05, 3.63) is 56.7 Å². The maximum Gasteiger partial charge on any atom is 0.248 e. The van der Waals surface area contributed by atoms with Gasteiger partial charge in [0, 0.05) is 16.5 Å². The Labute approximate surface area is 129 Å². The van der Waals surface area contributed by atoms with Crippen molar-refractivity contribution in [2.75, 3.05) is 5.32 Å². The average Bonchev–Trinajstić information content (AvgIpc) is 2.83. The van der Waals surface area contributed by atoms with Crippen molar-refractivity contribution in [2.45, 2.75) is 6.92 Å². The molecule has 102 valence electrons. The van der Waals surface area contributed by atoms with E-state index in [4.69, 9.17) is 0 Å². The number of halogens is 1. The summed E-state index contributed by atoms with van der Waals surface area (Å²) in [6.45, 7) is 1.48. The van der Waals surface area contributed by atoms with Gasteiger partial charge in [-0.05, 0) is 53.2 Å². The zero-order chi connectivity index (χ0) is 14.5. The van der Waals surface area contributed by atoms with Gasteiger partial charge in [0.15, 0.2) is 5.78 Å². The highest BCUT2D eigenvalue weighted by Crippen LogP contribution is 2.23. The molecule has 0 atom stereocenters. The molecule has 0 spiro atoms. The van der Waals surface area contributed by atoms with Crippen molar-refractivity contribution in [1.82, 2.24) is 0 Å². The molecule has 20 heavy (non-hydrogen) atoms. The van der Waals surface area contributed by atoms with Gasteiger partial charge in [-0.2, -0.15) is 0 Å². The SMILES string of the molecule is CC(=O)c1ccccc1NC(=O)C=Cc1ccc(Br)s1. The third-order valence-electron chi connectivity index (χ3n) is 2.56. The third kappa shape index (κ3) is 3.88. The predicted molar refractivity (Wildman–Crippen MR) is 86.1 cm³/mol. The van der Waals surface area contributed by atoms with Crippen molar-refractivity contribution >= 4 is 50.7 Å². The number of rotatable bonds is 4. The van der Waals surface area contributed by atoms with Crippen LogP contribution < -0.4 is 5.32 Å². The number of hydrogen-bond donors (Lipinski definition) is 1. The summed E-state index contributed by atoms with van der Waals surface area (Å²) in [6.07, 6.45) is 3.19. The Hall–Kier alpha value is -1.72. The highest BCUT2D eigenvalue weighted by Gasteiger charge is 2.07. The van der Waals surface area contributed by atoms with Crippen LogP contribution in [0.1, 0.15) is 22.2 Å². The minimum atomic E-state index is -0.261. The Morgan fingerprint density at radius 2 is 1.95 bits per heavy atom. The van der Waals surface area contributed by atoms with Crippen LogP contribution in [0.3, 0.4) is 0 Å². The number of thiophene rings is 1. The molecule has 2 aromatic rings. The fourth-order valence-electron chi connectivity index (χ4n) is 1.65. The Morgan fingerprint density at radius 1 is 1.20 bits per heavy atom. The van der Waals surface area contributed by atoms with E-state index in [1.165, 1.54) is 24.3 Å². The second kappa shape index (κ2) is 6.63. The van der Waals surface area contributed by atoms with Crippen LogP contribution in [0.2, 0.25) is 0 Å². The van der Waals surface area contributed by atoms with Gasteiger partial charge in [-0.15, -0.1) is 11.3 Å². The maximum atomic E-state index is 11.9. The minimum Gasteiger partial charge on any atom is -0.322 e. The van der Waals surface area contributed by atoms with Crippen LogP contribution in [0, 0.1) is 0 Å². The summed E-state index contributed by atoms with van der Waals surface area (Å²) >= 11 is 4.90. The molecule has 0 aliphatic heterocycles. The molecule has 5 heteroatoms. The van der Waals surface area contributed by atoms with E-state index in [1.54, 1.807) is 30.3 Å². The Kier molecular flexibility index (Phi) is 4.87. The Balaban J connectivity index is 2.09. The monoisotopic (exact) mass is 349 g/mol. The molecular weight excluding hydrogens is 338 g/mol. The molecule has 0 fully saturated rings. The van der Waals surface area contributed by atoms with Gasteiger partial charge in [0.2, 0.25) is 5.91 Å². The summed E-state index contributed by atoms with van der Waals surface area (Å²) in [6, 6.07) is 10.8. The molecule has 0 aliphatic carbocycles. The van der Waals surface area contributed by atoms with Crippen molar-refractivity contribution < 1.29 is 9.59 Å². The second-order valence-electron chi connectivity index (χ2n) is 4.07. The number of carbonyl (C=O) groups excluding carboxylic acids is 2. The number of para-hydroxylation sites is 1. The topological polar surface area (TPSA) is 46.2 Å². The standard InChI is InChI=1S/C15H12BrNO2S/c1-10(18)12-4-2-3-5-13(12)17-15(19)9-7-11-6-8-14(16)20-11/h2-9H,1H3,(H,17,19). The van der Waals surface area contributed by atoms with Crippen molar-refractivity contribution in [3.63, 3.8) is 0 Å². The number of Topliss-reactive ketones (excluding diaryl/α,β-unsaturated/α-hetero) is 1. The lowest BCUT2D eigenvalue weighted by Crippen LogP contribution is -2.11. The Morgan fingerprint density at radius 3 is 2.60 bits per heavy atom. The number of anilines is 1. The van der Waals surface area contributed by atoms with Crippen molar-refractivity contribution in [3.8, 4) is 0 Å². The molecule has 0 unspecified atom stereocenters. The molecule has 0 aliphatic rings. The highest BCUT2D eigenvalue weighted by molar-refractivity contribution is 9.11. The molecule has 3 nitrogen and oxygen atoms in total. The van der Waals surface area contributed by atoms with E-state index in [0.29, 0.717) is 11.3 Å². The van der Waals surface area contributed by atoms with Crippen LogP contribution in [-0.4, -0.2) is 11.7 Å². The normalized spacial score (nSPS) is 10.7. The smallest absolute Gasteiger partial charge is 0.248 e. The van der Waals surface area contributed by atoms with Crippen LogP contribution in [0.5, 0.6) is 0 Å². The molecule has 0 radical (unpaired) electrons. The van der Waals surface area contributed by atoms with Crippen LogP contribution >= 0.6 is 27.3 Å². The van der Waals surface area contributed by atoms with Gasteiger partial charge < -0.3 is 5.32 Å². The largest absolute Gasteiger partial charge is 0.322 e. The lowest BCUT2D eigenvalue weighted by Gasteiger charge is -2.06. The zero-order valence-corrected chi connectivity index (χ0v) is 13.1. The number of nitrogens with one attached hydrogen (secondary N) is 1. The molecule has 0 saturated heterocycles. The van der Waals surface area contributed by atoms with E-state index in [0.717, 1.165) is 8.66 Å². The number of benzene rings is 1. The fraction of sp³-hybridized carbons (Fsp3) is 0.0667. The van der Waals surface area contributed by atoms with E-state index in [9.17, 15) is 9.59 Å². The first-order valence-electron chi connectivity index (χ1n) is 5.90. The second-order valence-corrected chi connectivity index (χ2v) is 6.56. The van der Waals surface area contributed by atoms with Gasteiger partial charge in [0.05, 0.1) is 9.47 Å². The molecule has 0 saturated carbocycles. The summed E-state index contributed by atoms with van der Waals surface area (Å²) < 4.78 is 1.01. The molecule has 1 N–H and O–H groups in total. The highest BCUT2D eigenvalue weighted by atomic mass is 79.9. The van der Waals surface area contributed by atoms with Gasteiger partial charge in [0.1, 0.15) is 0 Å². The summed E-state index contributed by atoms with van der Waals surface area (Å²) in [5.74, 6) is -0.338. The Bertz CT molecular complexity index is 676. The van der Waals surface area contributed by atoms with Crippen LogP contribution in [0.25, 0.3) is 6.08 Å².